The van der Waals surface area contributed by atoms with Crippen molar-refractivity contribution in [1.29, 1.82) is 0 Å². The van der Waals surface area contributed by atoms with E-state index >= 15 is 0 Å². The third-order valence-electron chi connectivity index (χ3n) is 1.74. The molecule has 1 aromatic carbocycles. The number of hydrogen-bond acceptors (Lipinski definition) is 3. The first kappa shape index (κ1) is 9.51. The number of anilines is 1. The molecule has 0 bridgehead atoms. The van der Waals surface area contributed by atoms with E-state index < -0.39 is 0 Å². The molecule has 0 N–H and O–H groups in total. The van der Waals surface area contributed by atoms with Gasteiger partial charge in [0.25, 0.3) is 0 Å². The highest BCUT2D eigenvalue weighted by Crippen LogP contribution is 2.13. The van der Waals surface area contributed by atoms with Crippen LogP contribution in [0.15, 0.2) is 24.3 Å². The van der Waals surface area contributed by atoms with Gasteiger partial charge in [0.2, 0.25) is 6.54 Å². The average Bonchev–Trinajstić information content (AvgIpc) is 2.03. The van der Waals surface area contributed by atoms with Gasteiger partial charge < -0.3 is 4.90 Å². The second-order valence-electron chi connectivity index (χ2n) is 3.06. The third-order valence-corrected chi connectivity index (χ3v) is 1.74. The van der Waals surface area contributed by atoms with Gasteiger partial charge in [-0.25, -0.2) is 0 Å². The van der Waals surface area contributed by atoms with Crippen molar-refractivity contribution in [3.05, 3.63) is 39.9 Å². The highest BCUT2D eigenvalue weighted by atomic mass is 16.6. The summed E-state index contributed by atoms with van der Waals surface area (Å²) in [5.41, 5.74) is 1.72. The largest absolute Gasteiger partial charge is 0.378 e. The predicted molar refractivity (Wildman–Crippen MR) is 51.5 cm³/mol. The standard InChI is InChI=1S/C9H12N2O2/c1-10(2)9-5-3-4-8(6-9)7-11(12)13/h3-6H,7H2,1-2H3. The predicted octanol–water partition coefficient (Wildman–Crippen LogP) is 1.53. The minimum Gasteiger partial charge on any atom is -0.378 e. The van der Waals surface area contributed by atoms with Crippen LogP contribution in [0.3, 0.4) is 0 Å². The van der Waals surface area contributed by atoms with Crippen LogP contribution < -0.4 is 4.90 Å². The lowest BCUT2D eigenvalue weighted by molar-refractivity contribution is -0.496. The minimum absolute atomic E-state index is 0.109. The van der Waals surface area contributed by atoms with E-state index in [0.29, 0.717) is 0 Å². The summed E-state index contributed by atoms with van der Waals surface area (Å²) in [6, 6.07) is 7.33. The van der Waals surface area contributed by atoms with Gasteiger partial charge in [0.15, 0.2) is 0 Å². The van der Waals surface area contributed by atoms with Crippen LogP contribution in [0, 0.1) is 10.1 Å². The molecule has 0 aromatic heterocycles. The average molecular weight is 180 g/mol. The van der Waals surface area contributed by atoms with Crippen LogP contribution in [0.5, 0.6) is 0 Å². The summed E-state index contributed by atoms with van der Waals surface area (Å²) in [6.07, 6.45) is 0. The molecule has 0 atom stereocenters. The monoisotopic (exact) mass is 180 g/mol. The normalized spacial score (nSPS) is 9.69. The van der Waals surface area contributed by atoms with Crippen molar-refractivity contribution in [2.75, 3.05) is 19.0 Å². The Bertz CT molecular complexity index is 310. The molecule has 4 nitrogen and oxygen atoms in total. The molecule has 0 unspecified atom stereocenters. The van der Waals surface area contributed by atoms with E-state index in [1.54, 1.807) is 6.07 Å². The zero-order chi connectivity index (χ0) is 9.84. The first-order chi connectivity index (χ1) is 6.09. The molecule has 1 rings (SSSR count). The molecule has 0 heterocycles. The molecule has 0 spiro atoms. The van der Waals surface area contributed by atoms with Gasteiger partial charge in [0.05, 0.1) is 0 Å². The Balaban J connectivity index is 2.85. The summed E-state index contributed by atoms with van der Waals surface area (Å²) < 4.78 is 0. The summed E-state index contributed by atoms with van der Waals surface area (Å²) in [4.78, 5) is 11.8. The summed E-state index contributed by atoms with van der Waals surface area (Å²) in [7, 11) is 3.82. The number of rotatable bonds is 3. The smallest absolute Gasteiger partial charge is 0.229 e. The molecule has 0 fully saturated rings. The molecular weight excluding hydrogens is 168 g/mol. The van der Waals surface area contributed by atoms with Gasteiger partial charge in [0, 0.05) is 30.3 Å². The van der Waals surface area contributed by atoms with E-state index in [0.717, 1.165) is 11.3 Å². The van der Waals surface area contributed by atoms with Crippen molar-refractivity contribution >= 4 is 5.69 Å². The molecule has 1 aromatic rings. The van der Waals surface area contributed by atoms with Crippen molar-refractivity contribution < 1.29 is 4.92 Å². The third kappa shape index (κ3) is 2.74. The summed E-state index contributed by atoms with van der Waals surface area (Å²) >= 11 is 0. The minimum atomic E-state index is -0.325. The maximum Gasteiger partial charge on any atom is 0.229 e. The highest BCUT2D eigenvalue weighted by molar-refractivity contribution is 5.46. The second-order valence-corrected chi connectivity index (χ2v) is 3.06. The van der Waals surface area contributed by atoms with Gasteiger partial charge >= 0.3 is 0 Å². The lowest BCUT2D eigenvalue weighted by atomic mass is 10.2. The number of benzene rings is 1. The lowest BCUT2D eigenvalue weighted by Crippen LogP contribution is -2.09. The van der Waals surface area contributed by atoms with Gasteiger partial charge in [-0.05, 0) is 12.1 Å². The summed E-state index contributed by atoms with van der Waals surface area (Å²) in [5, 5.41) is 10.2. The lowest BCUT2D eigenvalue weighted by Gasteiger charge is -2.12. The molecule has 0 aliphatic rings. The fraction of sp³-hybridized carbons (Fsp3) is 0.333. The summed E-state index contributed by atoms with van der Waals surface area (Å²) in [6.45, 7) is -0.109. The van der Waals surface area contributed by atoms with Crippen LogP contribution in [0.2, 0.25) is 0 Å². The van der Waals surface area contributed by atoms with E-state index in [1.165, 1.54) is 0 Å². The van der Waals surface area contributed by atoms with Crippen molar-refractivity contribution in [2.45, 2.75) is 6.54 Å². The molecule has 13 heavy (non-hydrogen) atoms. The summed E-state index contributed by atoms with van der Waals surface area (Å²) in [5.74, 6) is 0. The fourth-order valence-corrected chi connectivity index (χ4v) is 1.08. The first-order valence-corrected chi connectivity index (χ1v) is 3.97. The zero-order valence-corrected chi connectivity index (χ0v) is 7.73. The van der Waals surface area contributed by atoms with Crippen LogP contribution in [-0.4, -0.2) is 19.0 Å². The van der Waals surface area contributed by atoms with Gasteiger partial charge in [-0.3, -0.25) is 10.1 Å². The van der Waals surface area contributed by atoms with Crippen LogP contribution in [-0.2, 0) is 6.54 Å². The van der Waals surface area contributed by atoms with Gasteiger partial charge in [0.1, 0.15) is 0 Å². The van der Waals surface area contributed by atoms with Crippen molar-refractivity contribution in [3.63, 3.8) is 0 Å². The first-order valence-electron chi connectivity index (χ1n) is 3.97. The Morgan fingerprint density at radius 2 is 2.15 bits per heavy atom. The molecule has 0 aliphatic heterocycles. The van der Waals surface area contributed by atoms with Crippen molar-refractivity contribution in [1.82, 2.24) is 0 Å². The SMILES string of the molecule is CN(C)c1cccc(C[N+](=O)[O-])c1. The zero-order valence-electron chi connectivity index (χ0n) is 7.73. The van der Waals surface area contributed by atoms with E-state index in [9.17, 15) is 10.1 Å². The quantitative estimate of drug-likeness (QED) is 0.523. The van der Waals surface area contributed by atoms with Crippen molar-refractivity contribution in [2.24, 2.45) is 0 Å². The van der Waals surface area contributed by atoms with Crippen LogP contribution in [0.25, 0.3) is 0 Å². The van der Waals surface area contributed by atoms with E-state index in [4.69, 9.17) is 0 Å². The van der Waals surface area contributed by atoms with Crippen molar-refractivity contribution in [3.8, 4) is 0 Å². The molecule has 0 radical (unpaired) electrons. The molecule has 0 amide bonds. The number of nitro groups is 1. The molecule has 0 aliphatic carbocycles. The van der Waals surface area contributed by atoms with Gasteiger partial charge in [-0.1, -0.05) is 12.1 Å². The van der Waals surface area contributed by atoms with Crippen LogP contribution in [0.4, 0.5) is 5.69 Å². The molecule has 4 heteroatoms. The molecular formula is C9H12N2O2. The maximum absolute atomic E-state index is 10.2. The van der Waals surface area contributed by atoms with Gasteiger partial charge in [-0.2, -0.15) is 0 Å². The Labute approximate surface area is 76.9 Å². The topological polar surface area (TPSA) is 46.4 Å². The molecule has 0 saturated heterocycles. The Hall–Kier alpha value is -1.58. The van der Waals surface area contributed by atoms with Gasteiger partial charge in [-0.15, -0.1) is 0 Å². The number of hydrogen-bond donors (Lipinski definition) is 0. The Morgan fingerprint density at radius 3 is 2.69 bits per heavy atom. The van der Waals surface area contributed by atoms with E-state index in [2.05, 4.69) is 0 Å². The van der Waals surface area contributed by atoms with Crippen LogP contribution >= 0.6 is 0 Å². The number of nitrogens with zero attached hydrogens (tertiary/aromatic N) is 2. The maximum atomic E-state index is 10.2. The fourth-order valence-electron chi connectivity index (χ4n) is 1.08. The highest BCUT2D eigenvalue weighted by Gasteiger charge is 2.02. The van der Waals surface area contributed by atoms with E-state index in [1.807, 2.05) is 37.2 Å². The molecule has 70 valence electrons. The second kappa shape index (κ2) is 3.89. The van der Waals surface area contributed by atoms with Crippen LogP contribution in [0.1, 0.15) is 5.56 Å². The Morgan fingerprint density at radius 1 is 1.46 bits per heavy atom. The Kier molecular flexibility index (Phi) is 2.84. The molecule has 0 saturated carbocycles. The van der Waals surface area contributed by atoms with E-state index in [-0.39, 0.29) is 11.5 Å².